The van der Waals surface area contributed by atoms with Crippen LogP contribution in [-0.4, -0.2) is 27.3 Å². The van der Waals surface area contributed by atoms with Crippen molar-refractivity contribution in [2.24, 2.45) is 5.73 Å². The molecule has 11 heteroatoms. The summed E-state index contributed by atoms with van der Waals surface area (Å²) >= 11 is 1.31. The van der Waals surface area contributed by atoms with E-state index in [2.05, 4.69) is 20.5 Å². The second-order valence-corrected chi connectivity index (χ2v) is 8.11. The van der Waals surface area contributed by atoms with Crippen molar-refractivity contribution in [1.29, 1.82) is 0 Å². The summed E-state index contributed by atoms with van der Waals surface area (Å²) in [5, 5.41) is 12.7. The van der Waals surface area contributed by atoms with Crippen molar-refractivity contribution in [3.8, 4) is 10.6 Å². The first-order valence-electron chi connectivity index (χ1n) is 9.34. The predicted octanol–water partition coefficient (Wildman–Crippen LogP) is 4.03. The number of aromatic nitrogens is 3. The largest absolute Gasteiger partial charge is 0.417 e. The average Bonchev–Trinajstić information content (AvgIpc) is 3.32. The van der Waals surface area contributed by atoms with Crippen LogP contribution in [0.5, 0.6) is 0 Å². The number of benzene rings is 2. The van der Waals surface area contributed by atoms with Crippen molar-refractivity contribution in [3.05, 3.63) is 64.1 Å². The van der Waals surface area contributed by atoms with E-state index in [1.54, 1.807) is 18.2 Å². The first-order chi connectivity index (χ1) is 14.7. The average molecular weight is 449 g/mol. The Morgan fingerprint density at radius 2 is 1.94 bits per heavy atom. The summed E-state index contributed by atoms with van der Waals surface area (Å²) in [6, 6.07) is 9.67. The zero-order valence-corrected chi connectivity index (χ0v) is 17.1. The number of nitrogens with zero attached hydrogens (tertiary/aromatic N) is 2. The van der Waals surface area contributed by atoms with Crippen LogP contribution in [0, 0.1) is 0 Å². The molecule has 2 aromatic carbocycles. The minimum Gasteiger partial charge on any atom is -0.408 e. The summed E-state index contributed by atoms with van der Waals surface area (Å²) in [5.41, 5.74) is 8.04. The lowest BCUT2D eigenvalue weighted by Gasteiger charge is -2.21. The highest BCUT2D eigenvalue weighted by Crippen LogP contribution is 2.30. The Labute approximate surface area is 178 Å². The quantitative estimate of drug-likeness (QED) is 0.410. The summed E-state index contributed by atoms with van der Waals surface area (Å²) in [6.07, 6.45) is -3.96. The van der Waals surface area contributed by atoms with E-state index in [4.69, 9.17) is 10.2 Å². The van der Waals surface area contributed by atoms with Crippen LogP contribution < -0.4 is 16.8 Å². The highest BCUT2D eigenvalue weighted by molar-refractivity contribution is 7.18. The van der Waals surface area contributed by atoms with Crippen LogP contribution in [0.25, 0.3) is 21.7 Å². The maximum Gasteiger partial charge on any atom is 0.417 e. The van der Waals surface area contributed by atoms with Crippen LogP contribution in [0.2, 0.25) is 0 Å². The van der Waals surface area contributed by atoms with Crippen molar-refractivity contribution in [1.82, 2.24) is 15.2 Å². The molecule has 2 heterocycles. The number of hydrogen-bond acceptors (Lipinski definition) is 7. The molecule has 7 nitrogen and oxygen atoms in total. The molecule has 4 N–H and O–H groups in total. The maximum absolute atomic E-state index is 12.7. The standard InChI is InChI=1S/C20H18F3N5O2S/c1-10(14(24)8-11-2-5-13(6-3-11)20(21,22)23)25-18-28-27-17(31-18)12-4-7-15-16(9-12)30-19(29)26-15/h2-7,9-10,14H,8,24H2,1H3,(H,25,28)(H,26,29)/t10-,14-/m0/s1. The van der Waals surface area contributed by atoms with Gasteiger partial charge in [0.1, 0.15) is 5.01 Å². The first-order valence-corrected chi connectivity index (χ1v) is 10.2. The van der Waals surface area contributed by atoms with Gasteiger partial charge in [-0.1, -0.05) is 23.5 Å². The first kappa shape index (κ1) is 21.1. The van der Waals surface area contributed by atoms with Gasteiger partial charge in [0.15, 0.2) is 5.58 Å². The third-order valence-corrected chi connectivity index (χ3v) is 5.74. The van der Waals surface area contributed by atoms with Crippen molar-refractivity contribution < 1.29 is 17.6 Å². The van der Waals surface area contributed by atoms with Crippen LogP contribution in [0.1, 0.15) is 18.1 Å². The fourth-order valence-corrected chi connectivity index (χ4v) is 3.89. The molecule has 31 heavy (non-hydrogen) atoms. The van der Waals surface area contributed by atoms with E-state index in [-0.39, 0.29) is 12.1 Å². The van der Waals surface area contributed by atoms with Gasteiger partial charge in [-0.05, 0) is 49.2 Å². The summed E-state index contributed by atoms with van der Waals surface area (Å²) in [6.45, 7) is 1.87. The van der Waals surface area contributed by atoms with Gasteiger partial charge in [0, 0.05) is 17.6 Å². The van der Waals surface area contributed by atoms with E-state index in [0.29, 0.717) is 33.2 Å². The van der Waals surface area contributed by atoms with Crippen molar-refractivity contribution >= 4 is 27.6 Å². The van der Waals surface area contributed by atoms with Gasteiger partial charge < -0.3 is 15.5 Å². The molecular weight excluding hydrogens is 431 g/mol. The van der Waals surface area contributed by atoms with Gasteiger partial charge in [-0.3, -0.25) is 4.98 Å². The van der Waals surface area contributed by atoms with Crippen molar-refractivity contribution in [3.63, 3.8) is 0 Å². The van der Waals surface area contributed by atoms with Gasteiger partial charge in [0.2, 0.25) is 5.13 Å². The minimum atomic E-state index is -4.36. The van der Waals surface area contributed by atoms with E-state index < -0.39 is 17.5 Å². The van der Waals surface area contributed by atoms with E-state index in [0.717, 1.165) is 17.7 Å². The number of alkyl halides is 3. The Morgan fingerprint density at radius 1 is 1.19 bits per heavy atom. The van der Waals surface area contributed by atoms with E-state index in [1.807, 2.05) is 6.92 Å². The van der Waals surface area contributed by atoms with Gasteiger partial charge in [0.05, 0.1) is 11.1 Å². The van der Waals surface area contributed by atoms with Crippen LogP contribution >= 0.6 is 11.3 Å². The van der Waals surface area contributed by atoms with Gasteiger partial charge in [-0.2, -0.15) is 13.2 Å². The summed E-state index contributed by atoms with van der Waals surface area (Å²) in [5.74, 6) is -0.525. The highest BCUT2D eigenvalue weighted by Gasteiger charge is 2.30. The second kappa shape index (κ2) is 8.16. The van der Waals surface area contributed by atoms with Crippen LogP contribution in [0.15, 0.2) is 51.7 Å². The molecule has 0 aliphatic carbocycles. The molecular formula is C20H18F3N5O2S. The second-order valence-electron chi connectivity index (χ2n) is 7.13. The molecule has 0 spiro atoms. The number of anilines is 1. The third kappa shape index (κ3) is 4.78. The molecule has 162 valence electrons. The number of rotatable bonds is 6. The molecule has 0 saturated heterocycles. The number of nitrogens with two attached hydrogens (primary N) is 1. The number of H-pyrrole nitrogens is 1. The normalized spacial score (nSPS) is 14.0. The number of hydrogen-bond donors (Lipinski definition) is 3. The summed E-state index contributed by atoms with van der Waals surface area (Å²) in [4.78, 5) is 13.9. The SMILES string of the molecule is C[C@H](Nc1nnc(-c2ccc3[nH]c(=O)oc3c2)s1)[C@@H](N)Cc1ccc(C(F)(F)F)cc1. The molecule has 2 atom stereocenters. The summed E-state index contributed by atoms with van der Waals surface area (Å²) < 4.78 is 43.1. The van der Waals surface area contributed by atoms with E-state index >= 15 is 0 Å². The number of fused-ring (bicyclic) bond motifs is 1. The molecule has 0 radical (unpaired) electrons. The molecule has 0 fully saturated rings. The van der Waals surface area contributed by atoms with Gasteiger partial charge in [-0.25, -0.2) is 4.79 Å². The lowest BCUT2D eigenvalue weighted by atomic mass is 10.0. The lowest BCUT2D eigenvalue weighted by molar-refractivity contribution is -0.137. The summed E-state index contributed by atoms with van der Waals surface area (Å²) in [7, 11) is 0. The van der Waals surface area contributed by atoms with Gasteiger partial charge >= 0.3 is 11.9 Å². The smallest absolute Gasteiger partial charge is 0.408 e. The number of oxazole rings is 1. The van der Waals surface area contributed by atoms with Crippen molar-refractivity contribution in [2.75, 3.05) is 5.32 Å². The fourth-order valence-electron chi connectivity index (χ4n) is 3.06. The Morgan fingerprint density at radius 3 is 2.65 bits per heavy atom. The molecule has 0 bridgehead atoms. The lowest BCUT2D eigenvalue weighted by Crippen LogP contribution is -2.39. The Kier molecular flexibility index (Phi) is 5.54. The molecule has 4 aromatic rings. The predicted molar refractivity (Wildman–Crippen MR) is 112 cm³/mol. The monoisotopic (exact) mass is 449 g/mol. The molecule has 2 aromatic heterocycles. The van der Waals surface area contributed by atoms with Crippen molar-refractivity contribution in [2.45, 2.75) is 31.6 Å². The molecule has 4 rings (SSSR count). The van der Waals surface area contributed by atoms with Crippen LogP contribution in [0.4, 0.5) is 18.3 Å². The molecule has 0 saturated carbocycles. The maximum atomic E-state index is 12.7. The van der Waals surface area contributed by atoms with E-state index in [1.165, 1.54) is 23.5 Å². The number of aromatic amines is 1. The zero-order chi connectivity index (χ0) is 22.2. The van der Waals surface area contributed by atoms with Crippen LogP contribution in [0.3, 0.4) is 0 Å². The molecule has 0 unspecified atom stereocenters. The van der Waals surface area contributed by atoms with Gasteiger partial charge in [-0.15, -0.1) is 10.2 Å². The Hall–Kier alpha value is -3.18. The number of halogens is 3. The fraction of sp³-hybridized carbons (Fsp3) is 0.250. The topological polar surface area (TPSA) is 110 Å². The Balaban J connectivity index is 1.40. The molecule has 0 aliphatic rings. The Bertz CT molecular complexity index is 1250. The van der Waals surface area contributed by atoms with Gasteiger partial charge in [0.25, 0.3) is 0 Å². The molecule has 0 aliphatic heterocycles. The molecule has 0 amide bonds. The highest BCUT2D eigenvalue weighted by atomic mass is 32.1. The third-order valence-electron chi connectivity index (χ3n) is 4.84. The van der Waals surface area contributed by atoms with E-state index in [9.17, 15) is 18.0 Å². The minimum absolute atomic E-state index is 0.201. The van der Waals surface area contributed by atoms with Crippen LogP contribution in [-0.2, 0) is 12.6 Å². The number of nitrogens with one attached hydrogen (secondary N) is 2. The zero-order valence-electron chi connectivity index (χ0n) is 16.2.